The van der Waals surface area contributed by atoms with E-state index in [4.69, 9.17) is 8.83 Å². The van der Waals surface area contributed by atoms with E-state index in [1.807, 2.05) is 6.92 Å². The molecule has 0 spiro atoms. The Morgan fingerprint density at radius 2 is 1.92 bits per heavy atom. The fourth-order valence-electron chi connectivity index (χ4n) is 2.21. The van der Waals surface area contributed by atoms with Crippen LogP contribution < -0.4 is 11.1 Å². The van der Waals surface area contributed by atoms with Crippen molar-refractivity contribution in [2.24, 2.45) is 0 Å². The van der Waals surface area contributed by atoms with Gasteiger partial charge in [0, 0.05) is 5.56 Å². The van der Waals surface area contributed by atoms with E-state index in [0.29, 0.717) is 11.3 Å². The molecule has 0 aliphatic heterocycles. The van der Waals surface area contributed by atoms with E-state index >= 15 is 0 Å². The Kier molecular flexibility index (Phi) is 4.33. The fraction of sp³-hybridized carbons (Fsp3) is 0.176. The van der Waals surface area contributed by atoms with Crippen LogP contribution in [0.3, 0.4) is 0 Å². The summed E-state index contributed by atoms with van der Waals surface area (Å²) in [6.07, 6.45) is 1.42. The lowest BCUT2D eigenvalue weighted by Crippen LogP contribution is -2.29. The minimum Gasteiger partial charge on any atom is -0.465 e. The number of nitrogens with one attached hydrogen (secondary N) is 1. The normalized spacial score (nSPS) is 10.8. The number of oxazole rings is 1. The molecular formula is C17H15FN2O4. The fourth-order valence-corrected chi connectivity index (χ4v) is 2.21. The minimum absolute atomic E-state index is 0.177. The molecule has 1 aromatic carbocycles. The summed E-state index contributed by atoms with van der Waals surface area (Å²) >= 11 is 0. The molecule has 1 N–H and O–H groups in total. The summed E-state index contributed by atoms with van der Waals surface area (Å²) in [7, 11) is 0. The average Bonchev–Trinajstić information content (AvgIpc) is 3.12. The van der Waals surface area contributed by atoms with Gasteiger partial charge in [-0.2, -0.15) is 0 Å². The van der Waals surface area contributed by atoms with Crippen molar-refractivity contribution >= 4 is 5.91 Å². The first-order chi connectivity index (χ1) is 11.5. The molecule has 0 saturated carbocycles. The van der Waals surface area contributed by atoms with Gasteiger partial charge in [0.15, 0.2) is 5.76 Å². The van der Waals surface area contributed by atoms with Gasteiger partial charge in [-0.05, 0) is 43.3 Å². The van der Waals surface area contributed by atoms with Gasteiger partial charge >= 0.3 is 5.76 Å². The van der Waals surface area contributed by atoms with E-state index in [-0.39, 0.29) is 30.6 Å². The number of aryl methyl sites for hydroxylation is 1. The lowest BCUT2D eigenvalue weighted by molar-refractivity contribution is -0.122. The molecule has 0 aliphatic rings. The summed E-state index contributed by atoms with van der Waals surface area (Å²) in [5.41, 5.74) is 0.554. The second-order valence-corrected chi connectivity index (χ2v) is 5.29. The molecule has 0 saturated heterocycles. The predicted molar refractivity (Wildman–Crippen MR) is 83.7 cm³/mol. The van der Waals surface area contributed by atoms with Gasteiger partial charge in [0.2, 0.25) is 5.91 Å². The molecule has 124 valence electrons. The number of nitrogens with zero attached hydrogens (tertiary/aromatic N) is 1. The molecule has 2 heterocycles. The molecule has 3 aromatic rings. The van der Waals surface area contributed by atoms with Gasteiger partial charge in [0.1, 0.15) is 23.9 Å². The SMILES string of the molecule is Cc1ccc(CNC(=O)Cn2cc(-c3ccc(F)cc3)oc2=O)o1. The highest BCUT2D eigenvalue weighted by Crippen LogP contribution is 2.18. The second kappa shape index (κ2) is 6.57. The first-order valence-electron chi connectivity index (χ1n) is 7.29. The molecule has 2 aromatic heterocycles. The van der Waals surface area contributed by atoms with Crippen molar-refractivity contribution in [1.82, 2.24) is 9.88 Å². The van der Waals surface area contributed by atoms with Crippen LogP contribution in [0.25, 0.3) is 11.3 Å². The smallest absolute Gasteiger partial charge is 0.419 e. The zero-order chi connectivity index (χ0) is 17.1. The van der Waals surface area contributed by atoms with Gasteiger partial charge in [-0.15, -0.1) is 0 Å². The molecular weight excluding hydrogens is 315 g/mol. The molecule has 24 heavy (non-hydrogen) atoms. The van der Waals surface area contributed by atoms with Crippen molar-refractivity contribution in [2.75, 3.05) is 0 Å². The lowest BCUT2D eigenvalue weighted by atomic mass is 10.2. The summed E-state index contributed by atoms with van der Waals surface area (Å²) in [6.45, 7) is 1.88. The van der Waals surface area contributed by atoms with Crippen molar-refractivity contribution in [3.8, 4) is 11.3 Å². The maximum Gasteiger partial charge on any atom is 0.419 e. The molecule has 0 unspecified atom stereocenters. The highest BCUT2D eigenvalue weighted by molar-refractivity contribution is 5.75. The molecule has 3 rings (SSSR count). The number of benzene rings is 1. The Morgan fingerprint density at radius 1 is 1.17 bits per heavy atom. The quantitative estimate of drug-likeness (QED) is 0.779. The van der Waals surface area contributed by atoms with Crippen molar-refractivity contribution in [2.45, 2.75) is 20.0 Å². The Hall–Kier alpha value is -3.09. The van der Waals surface area contributed by atoms with Crippen LogP contribution in [0.1, 0.15) is 11.5 Å². The standard InChI is InChI=1S/C17H15FN2O4/c1-11-2-7-14(23-11)8-19-16(21)10-20-9-15(24-17(20)22)12-3-5-13(18)6-4-12/h2-7,9H,8,10H2,1H3,(H,19,21). The molecule has 0 radical (unpaired) electrons. The number of furan rings is 1. The summed E-state index contributed by atoms with van der Waals surface area (Å²) in [4.78, 5) is 23.7. The first-order valence-corrected chi connectivity index (χ1v) is 7.29. The van der Waals surface area contributed by atoms with E-state index in [1.54, 1.807) is 12.1 Å². The molecule has 7 heteroatoms. The van der Waals surface area contributed by atoms with Gasteiger partial charge in [-0.1, -0.05) is 0 Å². The number of carbonyl (C=O) groups is 1. The van der Waals surface area contributed by atoms with Gasteiger partial charge in [0.25, 0.3) is 0 Å². The Labute approximate surface area is 136 Å². The third-order valence-electron chi connectivity index (χ3n) is 3.40. The molecule has 0 atom stereocenters. The summed E-state index contributed by atoms with van der Waals surface area (Å²) < 4.78 is 24.5. The minimum atomic E-state index is -0.654. The Morgan fingerprint density at radius 3 is 2.58 bits per heavy atom. The van der Waals surface area contributed by atoms with Crippen LogP contribution in [0.4, 0.5) is 4.39 Å². The predicted octanol–water partition coefficient (Wildman–Crippen LogP) is 2.47. The number of aromatic nitrogens is 1. The average molecular weight is 330 g/mol. The van der Waals surface area contributed by atoms with Gasteiger partial charge < -0.3 is 14.2 Å². The molecule has 0 bridgehead atoms. The van der Waals surface area contributed by atoms with Crippen LogP contribution in [-0.4, -0.2) is 10.5 Å². The van der Waals surface area contributed by atoms with Crippen LogP contribution in [0.15, 0.2) is 56.2 Å². The zero-order valence-corrected chi connectivity index (χ0v) is 12.9. The van der Waals surface area contributed by atoms with E-state index in [9.17, 15) is 14.0 Å². The molecule has 1 amide bonds. The summed E-state index contributed by atoms with van der Waals surface area (Å²) in [5, 5.41) is 2.66. The number of amides is 1. The summed E-state index contributed by atoms with van der Waals surface area (Å²) in [5.74, 6) is 0.278. The monoisotopic (exact) mass is 330 g/mol. The first kappa shape index (κ1) is 15.8. The second-order valence-electron chi connectivity index (χ2n) is 5.29. The Balaban J connectivity index is 1.65. The summed E-state index contributed by atoms with van der Waals surface area (Å²) in [6, 6.07) is 9.10. The maximum atomic E-state index is 12.9. The molecule has 0 aliphatic carbocycles. The van der Waals surface area contributed by atoms with Crippen LogP contribution in [-0.2, 0) is 17.9 Å². The molecule has 6 nitrogen and oxygen atoms in total. The third-order valence-corrected chi connectivity index (χ3v) is 3.40. The third kappa shape index (κ3) is 3.62. The van der Waals surface area contributed by atoms with Crippen LogP contribution >= 0.6 is 0 Å². The van der Waals surface area contributed by atoms with Crippen molar-refractivity contribution in [1.29, 1.82) is 0 Å². The largest absolute Gasteiger partial charge is 0.465 e. The van der Waals surface area contributed by atoms with Gasteiger partial charge in [-0.3, -0.25) is 9.36 Å². The highest BCUT2D eigenvalue weighted by atomic mass is 19.1. The topological polar surface area (TPSA) is 77.4 Å². The number of carbonyl (C=O) groups excluding carboxylic acids is 1. The maximum absolute atomic E-state index is 12.9. The van der Waals surface area contributed by atoms with Crippen molar-refractivity contribution in [3.63, 3.8) is 0 Å². The number of rotatable bonds is 5. The van der Waals surface area contributed by atoms with Gasteiger partial charge in [0.05, 0.1) is 12.7 Å². The van der Waals surface area contributed by atoms with Crippen LogP contribution in [0, 0.1) is 12.7 Å². The number of hydrogen-bond donors (Lipinski definition) is 1. The highest BCUT2D eigenvalue weighted by Gasteiger charge is 2.12. The van der Waals surface area contributed by atoms with E-state index in [0.717, 1.165) is 10.3 Å². The van der Waals surface area contributed by atoms with Crippen molar-refractivity contribution in [3.05, 3.63) is 70.5 Å². The zero-order valence-electron chi connectivity index (χ0n) is 12.9. The van der Waals surface area contributed by atoms with E-state index in [2.05, 4.69) is 5.32 Å². The van der Waals surface area contributed by atoms with E-state index < -0.39 is 5.76 Å². The number of halogens is 1. The van der Waals surface area contributed by atoms with E-state index in [1.165, 1.54) is 30.5 Å². The molecule has 0 fully saturated rings. The van der Waals surface area contributed by atoms with Crippen molar-refractivity contribution < 1.29 is 18.0 Å². The number of hydrogen-bond acceptors (Lipinski definition) is 4. The van der Waals surface area contributed by atoms with Crippen LogP contribution in [0.2, 0.25) is 0 Å². The Bertz CT molecular complexity index is 905. The lowest BCUT2D eigenvalue weighted by Gasteiger charge is -2.02. The van der Waals surface area contributed by atoms with Gasteiger partial charge in [-0.25, -0.2) is 9.18 Å². The van der Waals surface area contributed by atoms with Crippen LogP contribution in [0.5, 0.6) is 0 Å².